The number of ether oxygens (including phenoxy) is 1. The largest absolute Gasteiger partial charge is 0.508 e. The summed E-state index contributed by atoms with van der Waals surface area (Å²) < 4.78 is 5.22. The number of alkyl carbamates (subject to hydrolysis) is 1. The number of phenolic OH excluding ortho intramolecular Hbond substituents is 1. The molecule has 8 heteroatoms. The molecule has 0 bridgehead atoms. The smallest absolute Gasteiger partial charge is 0.408 e. The van der Waals surface area contributed by atoms with Gasteiger partial charge in [0, 0.05) is 18.7 Å². The minimum atomic E-state index is -1.00. The lowest BCUT2D eigenvalue weighted by Gasteiger charge is -2.32. The van der Waals surface area contributed by atoms with Crippen molar-refractivity contribution >= 4 is 17.9 Å². The van der Waals surface area contributed by atoms with Crippen molar-refractivity contribution in [2.24, 2.45) is 0 Å². The molecule has 33 heavy (non-hydrogen) atoms. The van der Waals surface area contributed by atoms with Crippen molar-refractivity contribution in [2.45, 2.75) is 84.8 Å². The Hall–Kier alpha value is -2.77. The summed E-state index contributed by atoms with van der Waals surface area (Å²) in [6, 6.07) is 5.54. The summed E-state index contributed by atoms with van der Waals surface area (Å²) in [5.74, 6) is -0.832. The highest BCUT2D eigenvalue weighted by Crippen LogP contribution is 2.29. The lowest BCUT2D eigenvalue weighted by Crippen LogP contribution is -2.48. The van der Waals surface area contributed by atoms with Gasteiger partial charge in [0.25, 0.3) is 0 Å². The molecule has 0 heterocycles. The summed E-state index contributed by atoms with van der Waals surface area (Å²) in [4.78, 5) is 39.9. The second kappa shape index (κ2) is 14.4. The standard InChI is InChI=1S/C25H41N3O5/c1-6-8-10-13-17-28(21(30)18-27-24(32)33-25(3,4)5)22(23(31)26-16-9-7-2)19-14-11-12-15-20(19)29/h11-12,14-15,22,29H,6-10,13,16-18H2,1-5H3,(H,26,31)(H,27,32). The number of amides is 3. The summed E-state index contributed by atoms with van der Waals surface area (Å²) in [7, 11) is 0. The molecule has 186 valence electrons. The molecule has 0 aromatic heterocycles. The highest BCUT2D eigenvalue weighted by atomic mass is 16.6. The zero-order chi connectivity index (χ0) is 24.9. The van der Waals surface area contributed by atoms with Gasteiger partial charge in [0.2, 0.25) is 11.8 Å². The van der Waals surface area contributed by atoms with Gasteiger partial charge < -0.3 is 25.4 Å². The second-order valence-corrected chi connectivity index (χ2v) is 9.11. The van der Waals surface area contributed by atoms with E-state index in [1.807, 2.05) is 6.92 Å². The normalized spacial score (nSPS) is 12.0. The minimum Gasteiger partial charge on any atom is -0.508 e. The monoisotopic (exact) mass is 463 g/mol. The number of hydrogen-bond acceptors (Lipinski definition) is 5. The number of hydrogen-bond donors (Lipinski definition) is 3. The number of carbonyl (C=O) groups excluding carboxylic acids is 3. The molecule has 3 N–H and O–H groups in total. The number of rotatable bonds is 13. The molecule has 0 fully saturated rings. The average Bonchev–Trinajstić information content (AvgIpc) is 2.74. The maximum Gasteiger partial charge on any atom is 0.408 e. The van der Waals surface area contributed by atoms with E-state index in [2.05, 4.69) is 17.6 Å². The van der Waals surface area contributed by atoms with Gasteiger partial charge in [-0.15, -0.1) is 0 Å². The van der Waals surface area contributed by atoms with E-state index in [0.717, 1.165) is 32.1 Å². The highest BCUT2D eigenvalue weighted by Gasteiger charge is 2.33. The van der Waals surface area contributed by atoms with Crippen LogP contribution in [0.5, 0.6) is 5.75 Å². The summed E-state index contributed by atoms with van der Waals surface area (Å²) in [5, 5.41) is 15.9. The SMILES string of the molecule is CCCCCCN(C(=O)CNC(=O)OC(C)(C)C)C(C(=O)NCCCC)c1ccccc1O. The number of carbonyl (C=O) groups is 3. The Kier molecular flexibility index (Phi) is 12.3. The fourth-order valence-corrected chi connectivity index (χ4v) is 3.32. The van der Waals surface area contributed by atoms with Gasteiger partial charge in [0.05, 0.1) is 0 Å². The van der Waals surface area contributed by atoms with Crippen LogP contribution in [0.2, 0.25) is 0 Å². The van der Waals surface area contributed by atoms with Crippen molar-refractivity contribution in [1.82, 2.24) is 15.5 Å². The first-order chi connectivity index (χ1) is 15.6. The number of unbranched alkanes of at least 4 members (excludes halogenated alkanes) is 4. The van der Waals surface area contributed by atoms with Gasteiger partial charge in [-0.1, -0.05) is 57.7 Å². The van der Waals surface area contributed by atoms with Gasteiger partial charge in [0.1, 0.15) is 23.9 Å². The third kappa shape index (κ3) is 10.6. The molecule has 1 unspecified atom stereocenters. The highest BCUT2D eigenvalue weighted by molar-refractivity contribution is 5.90. The van der Waals surface area contributed by atoms with E-state index in [9.17, 15) is 19.5 Å². The van der Waals surface area contributed by atoms with Crippen LogP contribution in [0.25, 0.3) is 0 Å². The molecule has 0 aliphatic heterocycles. The molecule has 0 aliphatic carbocycles. The van der Waals surface area contributed by atoms with E-state index < -0.39 is 23.6 Å². The Bertz CT molecular complexity index is 761. The first kappa shape index (κ1) is 28.3. The minimum absolute atomic E-state index is 0.0559. The van der Waals surface area contributed by atoms with Crippen LogP contribution in [0, 0.1) is 0 Å². The van der Waals surface area contributed by atoms with Gasteiger partial charge in [0.15, 0.2) is 0 Å². The van der Waals surface area contributed by atoms with E-state index in [-0.39, 0.29) is 18.2 Å². The first-order valence-electron chi connectivity index (χ1n) is 11.9. The molecule has 1 atom stereocenters. The zero-order valence-electron chi connectivity index (χ0n) is 20.8. The van der Waals surface area contributed by atoms with Gasteiger partial charge in [-0.25, -0.2) is 4.79 Å². The van der Waals surface area contributed by atoms with Crippen molar-refractivity contribution in [3.8, 4) is 5.75 Å². The predicted octanol–water partition coefficient (Wildman–Crippen LogP) is 4.28. The number of aromatic hydroxyl groups is 1. The van der Waals surface area contributed by atoms with Crippen LogP contribution >= 0.6 is 0 Å². The van der Waals surface area contributed by atoms with Crippen LogP contribution in [0.1, 0.15) is 84.7 Å². The average molecular weight is 464 g/mol. The number of para-hydroxylation sites is 1. The first-order valence-corrected chi connectivity index (χ1v) is 11.9. The topological polar surface area (TPSA) is 108 Å². The lowest BCUT2D eigenvalue weighted by molar-refractivity contribution is -0.140. The molecule has 1 rings (SSSR count). The van der Waals surface area contributed by atoms with Crippen LogP contribution in [-0.4, -0.2) is 53.1 Å². The molecular formula is C25H41N3O5. The fourth-order valence-electron chi connectivity index (χ4n) is 3.32. The fraction of sp³-hybridized carbons (Fsp3) is 0.640. The van der Waals surface area contributed by atoms with Gasteiger partial charge in [-0.05, 0) is 39.7 Å². The molecule has 0 spiro atoms. The molecule has 3 amide bonds. The molecule has 1 aromatic carbocycles. The number of nitrogens with one attached hydrogen (secondary N) is 2. The van der Waals surface area contributed by atoms with Crippen molar-refractivity contribution in [2.75, 3.05) is 19.6 Å². The van der Waals surface area contributed by atoms with E-state index in [1.165, 1.54) is 11.0 Å². The Morgan fingerprint density at radius 1 is 1.00 bits per heavy atom. The third-order valence-corrected chi connectivity index (χ3v) is 4.98. The van der Waals surface area contributed by atoms with E-state index in [0.29, 0.717) is 25.1 Å². The predicted molar refractivity (Wildman–Crippen MR) is 129 cm³/mol. The molecule has 0 radical (unpaired) electrons. The zero-order valence-corrected chi connectivity index (χ0v) is 20.8. The maximum atomic E-state index is 13.2. The van der Waals surface area contributed by atoms with Crippen LogP contribution in [0.4, 0.5) is 4.79 Å². The molecule has 8 nitrogen and oxygen atoms in total. The Morgan fingerprint density at radius 2 is 1.67 bits per heavy atom. The van der Waals surface area contributed by atoms with Crippen molar-refractivity contribution in [1.29, 1.82) is 0 Å². The van der Waals surface area contributed by atoms with E-state index in [1.54, 1.807) is 39.0 Å². The van der Waals surface area contributed by atoms with E-state index >= 15 is 0 Å². The third-order valence-electron chi connectivity index (χ3n) is 4.98. The van der Waals surface area contributed by atoms with E-state index in [4.69, 9.17) is 4.74 Å². The Morgan fingerprint density at radius 3 is 2.27 bits per heavy atom. The summed E-state index contributed by atoms with van der Waals surface area (Å²) in [6.07, 6.45) is 4.69. The van der Waals surface area contributed by atoms with Crippen LogP contribution in [-0.2, 0) is 14.3 Å². The summed E-state index contributed by atoms with van der Waals surface area (Å²) in [6.45, 7) is 9.84. The summed E-state index contributed by atoms with van der Waals surface area (Å²) >= 11 is 0. The van der Waals surface area contributed by atoms with Crippen molar-refractivity contribution in [3.05, 3.63) is 29.8 Å². The van der Waals surface area contributed by atoms with Crippen molar-refractivity contribution in [3.63, 3.8) is 0 Å². The number of nitrogens with zero attached hydrogens (tertiary/aromatic N) is 1. The quantitative estimate of drug-likeness (QED) is 0.378. The maximum absolute atomic E-state index is 13.2. The lowest BCUT2D eigenvalue weighted by atomic mass is 10.0. The number of benzene rings is 1. The van der Waals surface area contributed by atoms with Crippen LogP contribution < -0.4 is 10.6 Å². The summed E-state index contributed by atoms with van der Waals surface area (Å²) in [5.41, 5.74) is -0.336. The Labute approximate surface area is 198 Å². The molecular weight excluding hydrogens is 422 g/mol. The number of phenols is 1. The van der Waals surface area contributed by atoms with Crippen LogP contribution in [0.15, 0.2) is 24.3 Å². The molecule has 0 aliphatic rings. The molecule has 0 saturated carbocycles. The molecule has 0 saturated heterocycles. The second-order valence-electron chi connectivity index (χ2n) is 9.11. The van der Waals surface area contributed by atoms with Gasteiger partial charge in [-0.2, -0.15) is 0 Å². The van der Waals surface area contributed by atoms with Crippen molar-refractivity contribution < 1.29 is 24.2 Å². The Balaban J connectivity index is 3.15. The van der Waals surface area contributed by atoms with Crippen LogP contribution in [0.3, 0.4) is 0 Å². The van der Waals surface area contributed by atoms with Gasteiger partial charge in [-0.3, -0.25) is 9.59 Å². The van der Waals surface area contributed by atoms with Gasteiger partial charge >= 0.3 is 6.09 Å². The molecule has 1 aromatic rings.